The number of fused-ring (bicyclic) bond motifs is 2. The summed E-state index contributed by atoms with van der Waals surface area (Å²) in [5.74, 6) is 0.323. The van der Waals surface area contributed by atoms with Gasteiger partial charge in [0, 0.05) is 0 Å². The highest BCUT2D eigenvalue weighted by Crippen LogP contribution is 2.36. The Labute approximate surface area is 187 Å². The standard InChI is InChI=1S/C23H30N6O3/c1-5-6-11-31-21-26-19(24)17-12-25-29(20(17)27-21)14-18-16-10-8-7-9-15(16)13-28(18)22(30)32-23(2,3)4/h7-10,12,18H,5-6,11,13-14H2,1-4H3,(H2,24,26,27). The van der Waals surface area contributed by atoms with Crippen molar-refractivity contribution in [2.24, 2.45) is 0 Å². The summed E-state index contributed by atoms with van der Waals surface area (Å²) in [7, 11) is 0. The first-order chi connectivity index (χ1) is 15.3. The number of carbonyl (C=O) groups excluding carboxylic acids is 1. The van der Waals surface area contributed by atoms with E-state index in [0.29, 0.717) is 36.5 Å². The molecule has 0 fully saturated rings. The minimum absolute atomic E-state index is 0.237. The smallest absolute Gasteiger partial charge is 0.411 e. The Morgan fingerprint density at radius 3 is 2.78 bits per heavy atom. The molecular formula is C23H30N6O3. The van der Waals surface area contributed by atoms with Gasteiger partial charge in [0.2, 0.25) is 0 Å². The Bertz CT molecular complexity index is 1120. The van der Waals surface area contributed by atoms with Gasteiger partial charge in [-0.25, -0.2) is 9.48 Å². The van der Waals surface area contributed by atoms with Gasteiger partial charge >= 0.3 is 12.1 Å². The van der Waals surface area contributed by atoms with Gasteiger partial charge < -0.3 is 15.2 Å². The summed E-state index contributed by atoms with van der Waals surface area (Å²) >= 11 is 0. The summed E-state index contributed by atoms with van der Waals surface area (Å²) in [5.41, 5.74) is 8.30. The highest BCUT2D eigenvalue weighted by atomic mass is 16.6. The van der Waals surface area contributed by atoms with E-state index in [1.165, 1.54) is 0 Å². The van der Waals surface area contributed by atoms with Crippen LogP contribution in [0, 0.1) is 0 Å². The summed E-state index contributed by atoms with van der Waals surface area (Å²) < 4.78 is 13.1. The minimum Gasteiger partial charge on any atom is -0.463 e. The van der Waals surface area contributed by atoms with Crippen molar-refractivity contribution in [1.82, 2.24) is 24.6 Å². The maximum atomic E-state index is 13.0. The molecular weight excluding hydrogens is 408 g/mol. The lowest BCUT2D eigenvalue weighted by Gasteiger charge is -2.29. The maximum absolute atomic E-state index is 13.0. The van der Waals surface area contributed by atoms with Crippen molar-refractivity contribution in [3.8, 4) is 6.01 Å². The average Bonchev–Trinajstić information content (AvgIpc) is 3.30. The Balaban J connectivity index is 1.66. The summed E-state index contributed by atoms with van der Waals surface area (Å²) in [5, 5.41) is 5.15. The second kappa shape index (κ2) is 8.64. The molecule has 0 aliphatic carbocycles. The van der Waals surface area contributed by atoms with Crippen molar-refractivity contribution < 1.29 is 14.3 Å². The van der Waals surface area contributed by atoms with E-state index in [2.05, 4.69) is 22.0 Å². The van der Waals surface area contributed by atoms with Crippen molar-refractivity contribution in [1.29, 1.82) is 0 Å². The Hall–Kier alpha value is -3.36. The van der Waals surface area contributed by atoms with Crippen LogP contribution in [0.25, 0.3) is 11.0 Å². The molecule has 32 heavy (non-hydrogen) atoms. The molecule has 1 amide bonds. The molecule has 9 nitrogen and oxygen atoms in total. The van der Waals surface area contributed by atoms with Crippen LogP contribution in [0.4, 0.5) is 10.6 Å². The van der Waals surface area contributed by atoms with Crippen LogP contribution < -0.4 is 10.5 Å². The van der Waals surface area contributed by atoms with Gasteiger partial charge in [-0.2, -0.15) is 15.1 Å². The van der Waals surface area contributed by atoms with E-state index < -0.39 is 5.60 Å². The number of hydrogen-bond donors (Lipinski definition) is 1. The second-order valence-electron chi connectivity index (χ2n) is 8.98. The number of benzene rings is 1. The zero-order chi connectivity index (χ0) is 22.9. The van der Waals surface area contributed by atoms with E-state index in [1.54, 1.807) is 15.8 Å². The van der Waals surface area contributed by atoms with Gasteiger partial charge in [0.25, 0.3) is 0 Å². The van der Waals surface area contributed by atoms with E-state index in [4.69, 9.17) is 15.2 Å². The first-order valence-corrected chi connectivity index (χ1v) is 11.0. The van der Waals surface area contributed by atoms with Crippen LogP contribution in [-0.4, -0.2) is 42.9 Å². The topological polar surface area (TPSA) is 108 Å². The number of anilines is 1. The molecule has 4 rings (SSSR count). The van der Waals surface area contributed by atoms with Gasteiger partial charge in [0.05, 0.1) is 37.3 Å². The van der Waals surface area contributed by atoms with Crippen molar-refractivity contribution in [3.63, 3.8) is 0 Å². The molecule has 1 aliphatic heterocycles. The number of hydrogen-bond acceptors (Lipinski definition) is 7. The van der Waals surface area contributed by atoms with Crippen molar-refractivity contribution in [2.75, 3.05) is 12.3 Å². The number of ether oxygens (including phenoxy) is 2. The number of nitrogens with two attached hydrogens (primary N) is 1. The average molecular weight is 439 g/mol. The molecule has 0 spiro atoms. The quantitative estimate of drug-likeness (QED) is 0.578. The van der Waals surface area contributed by atoms with Gasteiger partial charge in [0.1, 0.15) is 11.4 Å². The van der Waals surface area contributed by atoms with Crippen LogP contribution >= 0.6 is 0 Å². The molecule has 3 aromatic rings. The molecule has 1 unspecified atom stereocenters. The molecule has 1 aromatic carbocycles. The Morgan fingerprint density at radius 1 is 1.25 bits per heavy atom. The Kier molecular flexibility index (Phi) is 5.90. The first kappa shape index (κ1) is 21.9. The fourth-order valence-corrected chi connectivity index (χ4v) is 3.80. The lowest BCUT2D eigenvalue weighted by Crippen LogP contribution is -2.37. The zero-order valence-corrected chi connectivity index (χ0v) is 19.0. The van der Waals surface area contributed by atoms with Gasteiger partial charge in [0.15, 0.2) is 5.65 Å². The van der Waals surface area contributed by atoms with Gasteiger partial charge in [-0.3, -0.25) is 4.90 Å². The lowest BCUT2D eigenvalue weighted by molar-refractivity contribution is 0.0154. The molecule has 1 atom stereocenters. The number of unbranched alkanes of at least 4 members (excludes halogenated alkanes) is 1. The molecule has 3 heterocycles. The summed E-state index contributed by atoms with van der Waals surface area (Å²) in [4.78, 5) is 23.5. The highest BCUT2D eigenvalue weighted by Gasteiger charge is 2.36. The van der Waals surface area contributed by atoms with Crippen molar-refractivity contribution in [3.05, 3.63) is 41.6 Å². The van der Waals surface area contributed by atoms with E-state index in [0.717, 1.165) is 24.0 Å². The number of nitrogen functional groups attached to an aromatic ring is 1. The van der Waals surface area contributed by atoms with Crippen LogP contribution in [0.5, 0.6) is 6.01 Å². The zero-order valence-electron chi connectivity index (χ0n) is 19.0. The van der Waals surface area contributed by atoms with E-state index in [1.807, 2.05) is 45.0 Å². The second-order valence-corrected chi connectivity index (χ2v) is 8.98. The SMILES string of the molecule is CCCCOc1nc(N)c2cnn(CC3c4ccccc4CN3C(=O)OC(C)(C)C)c2n1. The van der Waals surface area contributed by atoms with Gasteiger partial charge in [-0.15, -0.1) is 0 Å². The lowest BCUT2D eigenvalue weighted by atomic mass is 10.1. The molecule has 0 bridgehead atoms. The van der Waals surface area contributed by atoms with Crippen molar-refractivity contribution >= 4 is 22.9 Å². The number of amides is 1. The van der Waals surface area contributed by atoms with E-state index in [9.17, 15) is 4.79 Å². The Morgan fingerprint density at radius 2 is 2.03 bits per heavy atom. The summed E-state index contributed by atoms with van der Waals surface area (Å²) in [6.07, 6.45) is 3.22. The summed E-state index contributed by atoms with van der Waals surface area (Å²) in [6.45, 7) is 9.10. The van der Waals surface area contributed by atoms with Crippen LogP contribution in [0.1, 0.15) is 57.7 Å². The molecule has 170 valence electrons. The number of nitrogens with zero attached hydrogens (tertiary/aromatic N) is 5. The van der Waals surface area contributed by atoms with Crippen LogP contribution in [0.2, 0.25) is 0 Å². The van der Waals surface area contributed by atoms with Gasteiger partial charge in [-0.1, -0.05) is 37.6 Å². The molecule has 0 saturated carbocycles. The third-order valence-corrected chi connectivity index (χ3v) is 5.34. The number of aromatic nitrogens is 4. The fourth-order valence-electron chi connectivity index (χ4n) is 3.80. The fraction of sp³-hybridized carbons (Fsp3) is 0.478. The van der Waals surface area contributed by atoms with Gasteiger partial charge in [-0.05, 0) is 38.3 Å². The first-order valence-electron chi connectivity index (χ1n) is 11.0. The summed E-state index contributed by atoms with van der Waals surface area (Å²) in [6, 6.07) is 8.02. The molecule has 2 aromatic heterocycles. The van der Waals surface area contributed by atoms with Crippen LogP contribution in [-0.2, 0) is 17.8 Å². The molecule has 2 N–H and O–H groups in total. The molecule has 1 aliphatic rings. The van der Waals surface area contributed by atoms with Crippen molar-refractivity contribution in [2.45, 2.75) is 65.3 Å². The minimum atomic E-state index is -0.582. The van der Waals surface area contributed by atoms with E-state index in [-0.39, 0.29) is 18.1 Å². The van der Waals surface area contributed by atoms with E-state index >= 15 is 0 Å². The molecule has 0 radical (unpaired) electrons. The van der Waals surface area contributed by atoms with Crippen LogP contribution in [0.3, 0.4) is 0 Å². The third kappa shape index (κ3) is 4.46. The maximum Gasteiger partial charge on any atom is 0.411 e. The third-order valence-electron chi connectivity index (χ3n) is 5.34. The monoisotopic (exact) mass is 438 g/mol. The van der Waals surface area contributed by atoms with Crippen LogP contribution in [0.15, 0.2) is 30.5 Å². The largest absolute Gasteiger partial charge is 0.463 e. The molecule has 0 saturated heterocycles. The highest BCUT2D eigenvalue weighted by molar-refractivity contribution is 5.85. The number of carbonyl (C=O) groups is 1. The molecule has 9 heteroatoms. The predicted molar refractivity (Wildman–Crippen MR) is 121 cm³/mol. The number of rotatable bonds is 6. The normalized spacial score (nSPS) is 15.8. The predicted octanol–water partition coefficient (Wildman–Crippen LogP) is 4.08.